The van der Waals surface area contributed by atoms with Gasteiger partial charge in [0, 0.05) is 0 Å². The maximum atomic E-state index is 10.8. The van der Waals surface area contributed by atoms with Crippen molar-refractivity contribution in [3.63, 3.8) is 0 Å². The van der Waals surface area contributed by atoms with Crippen LogP contribution < -0.4 is 0 Å². The van der Waals surface area contributed by atoms with Gasteiger partial charge in [-0.05, 0) is 37.0 Å². The molecule has 4 nitrogen and oxygen atoms in total. The summed E-state index contributed by atoms with van der Waals surface area (Å²) in [6, 6.07) is 0. The minimum Gasteiger partial charge on any atom is -0.481 e. The summed E-state index contributed by atoms with van der Waals surface area (Å²) >= 11 is 0. The van der Waals surface area contributed by atoms with Gasteiger partial charge in [0.15, 0.2) is 5.92 Å². The van der Waals surface area contributed by atoms with Crippen LogP contribution in [0.4, 0.5) is 0 Å². The van der Waals surface area contributed by atoms with Crippen molar-refractivity contribution in [2.75, 3.05) is 0 Å². The predicted octanol–water partition coefficient (Wildman–Crippen LogP) is 1.35. The van der Waals surface area contributed by atoms with E-state index in [9.17, 15) is 9.59 Å². The highest BCUT2D eigenvalue weighted by atomic mass is 16.4. The Morgan fingerprint density at radius 3 is 1.93 bits per heavy atom. The summed E-state index contributed by atoms with van der Waals surface area (Å²) < 4.78 is 0. The number of carboxylic acid groups (broad SMARTS) is 2. The van der Waals surface area contributed by atoms with Gasteiger partial charge in [-0.2, -0.15) is 0 Å². The van der Waals surface area contributed by atoms with E-state index in [2.05, 4.69) is 0 Å². The fourth-order valence-corrected chi connectivity index (χ4v) is 2.94. The summed E-state index contributed by atoms with van der Waals surface area (Å²) in [7, 11) is 0. The Bertz CT molecular complexity index is 260. The maximum Gasteiger partial charge on any atom is 0.318 e. The van der Waals surface area contributed by atoms with Gasteiger partial charge in [0.05, 0.1) is 0 Å². The first-order valence-electron chi connectivity index (χ1n) is 5.02. The van der Waals surface area contributed by atoms with Crippen molar-refractivity contribution in [3.8, 4) is 0 Å². The molecule has 2 aliphatic carbocycles. The monoisotopic (exact) mass is 198 g/mol. The molecule has 2 rings (SSSR count). The second-order valence-corrected chi connectivity index (χ2v) is 4.52. The van der Waals surface area contributed by atoms with E-state index in [1.807, 2.05) is 0 Å². The van der Waals surface area contributed by atoms with Crippen molar-refractivity contribution in [2.24, 2.45) is 17.3 Å². The van der Waals surface area contributed by atoms with E-state index < -0.39 is 17.9 Å². The Balaban J connectivity index is 2.12. The van der Waals surface area contributed by atoms with Gasteiger partial charge in [0.1, 0.15) is 0 Å². The quantitative estimate of drug-likeness (QED) is 0.671. The molecular formula is C10H14O4. The number of hydrogen-bond donors (Lipinski definition) is 2. The highest BCUT2D eigenvalue weighted by Crippen LogP contribution is 2.62. The Hall–Kier alpha value is -1.06. The lowest BCUT2D eigenvalue weighted by molar-refractivity contribution is -0.170. The summed E-state index contributed by atoms with van der Waals surface area (Å²) in [6.07, 6.45) is 4.96. The van der Waals surface area contributed by atoms with Crippen LogP contribution in [0.3, 0.4) is 0 Å². The number of aliphatic carboxylic acids is 2. The van der Waals surface area contributed by atoms with Crippen molar-refractivity contribution in [1.29, 1.82) is 0 Å². The number of rotatable bonds is 3. The minimum atomic E-state index is -1.18. The molecule has 0 amide bonds. The second-order valence-electron chi connectivity index (χ2n) is 4.52. The Morgan fingerprint density at radius 1 is 1.14 bits per heavy atom. The molecule has 1 spiro atoms. The van der Waals surface area contributed by atoms with Crippen LogP contribution in [-0.2, 0) is 9.59 Å². The highest BCUT2D eigenvalue weighted by Gasteiger charge is 2.56. The minimum absolute atomic E-state index is 0.0848. The van der Waals surface area contributed by atoms with E-state index in [1.54, 1.807) is 0 Å². The molecule has 2 fully saturated rings. The van der Waals surface area contributed by atoms with Gasteiger partial charge < -0.3 is 10.2 Å². The van der Waals surface area contributed by atoms with E-state index in [0.717, 1.165) is 32.1 Å². The van der Waals surface area contributed by atoms with E-state index in [1.165, 1.54) is 0 Å². The molecule has 0 aromatic rings. The van der Waals surface area contributed by atoms with Crippen LogP contribution in [0.5, 0.6) is 0 Å². The van der Waals surface area contributed by atoms with Gasteiger partial charge in [0.2, 0.25) is 0 Å². The van der Waals surface area contributed by atoms with Crippen LogP contribution in [0.15, 0.2) is 0 Å². The molecule has 0 aromatic carbocycles. The number of carboxylic acids is 2. The molecule has 0 saturated heterocycles. The maximum absolute atomic E-state index is 10.8. The van der Waals surface area contributed by atoms with E-state index in [-0.39, 0.29) is 11.3 Å². The van der Waals surface area contributed by atoms with Crippen LogP contribution in [0.25, 0.3) is 0 Å². The molecule has 0 aromatic heterocycles. The molecule has 2 saturated carbocycles. The third-order valence-electron chi connectivity index (χ3n) is 4.02. The molecule has 0 bridgehead atoms. The van der Waals surface area contributed by atoms with E-state index in [4.69, 9.17) is 10.2 Å². The second kappa shape index (κ2) is 2.97. The molecule has 2 aliphatic rings. The van der Waals surface area contributed by atoms with Gasteiger partial charge in [-0.3, -0.25) is 9.59 Å². The Labute approximate surface area is 81.9 Å². The van der Waals surface area contributed by atoms with Gasteiger partial charge in [-0.1, -0.05) is 6.42 Å². The number of carbonyl (C=O) groups is 2. The molecule has 14 heavy (non-hydrogen) atoms. The molecule has 1 atom stereocenters. The van der Waals surface area contributed by atoms with Gasteiger partial charge in [-0.15, -0.1) is 0 Å². The fourth-order valence-electron chi connectivity index (χ4n) is 2.94. The Morgan fingerprint density at radius 2 is 1.71 bits per heavy atom. The molecule has 2 N–H and O–H groups in total. The molecule has 1 unspecified atom stereocenters. The first-order chi connectivity index (χ1) is 6.57. The van der Waals surface area contributed by atoms with Gasteiger partial charge >= 0.3 is 11.9 Å². The molecule has 0 aliphatic heterocycles. The predicted molar refractivity (Wildman–Crippen MR) is 47.8 cm³/mol. The van der Waals surface area contributed by atoms with Crippen LogP contribution in [0.2, 0.25) is 0 Å². The summed E-state index contributed by atoms with van der Waals surface area (Å²) in [4.78, 5) is 21.6. The van der Waals surface area contributed by atoms with E-state index >= 15 is 0 Å². The molecule has 0 heterocycles. The normalized spacial score (nSPS) is 28.2. The first-order valence-corrected chi connectivity index (χ1v) is 5.02. The van der Waals surface area contributed by atoms with Crippen molar-refractivity contribution in [1.82, 2.24) is 0 Å². The van der Waals surface area contributed by atoms with Crippen LogP contribution in [0, 0.1) is 17.3 Å². The van der Waals surface area contributed by atoms with Gasteiger partial charge in [0.25, 0.3) is 0 Å². The fraction of sp³-hybridized carbons (Fsp3) is 0.800. The summed E-state index contributed by atoms with van der Waals surface area (Å²) in [5.74, 6) is -3.64. The van der Waals surface area contributed by atoms with Crippen LogP contribution in [-0.4, -0.2) is 22.2 Å². The summed E-state index contributed by atoms with van der Waals surface area (Å²) in [5, 5.41) is 17.7. The van der Waals surface area contributed by atoms with Crippen LogP contribution >= 0.6 is 0 Å². The van der Waals surface area contributed by atoms with Crippen molar-refractivity contribution in [3.05, 3.63) is 0 Å². The zero-order valence-electron chi connectivity index (χ0n) is 7.90. The lowest BCUT2D eigenvalue weighted by atomic mass is 9.47. The van der Waals surface area contributed by atoms with Gasteiger partial charge in [-0.25, -0.2) is 0 Å². The topological polar surface area (TPSA) is 74.6 Å². The van der Waals surface area contributed by atoms with Crippen molar-refractivity contribution < 1.29 is 19.8 Å². The average Bonchev–Trinajstić information content (AvgIpc) is 1.92. The largest absolute Gasteiger partial charge is 0.481 e. The SMILES string of the molecule is O=C(O)C(C(=O)O)C1CCC12CCC2. The van der Waals surface area contributed by atoms with Crippen molar-refractivity contribution in [2.45, 2.75) is 32.1 Å². The van der Waals surface area contributed by atoms with Crippen LogP contribution in [0.1, 0.15) is 32.1 Å². The average molecular weight is 198 g/mol. The lowest BCUT2D eigenvalue weighted by Gasteiger charge is -2.57. The molecule has 78 valence electrons. The third-order valence-corrected chi connectivity index (χ3v) is 4.02. The first kappa shape index (κ1) is 9.49. The molecule has 4 heteroatoms. The molecule has 0 radical (unpaired) electrons. The summed E-state index contributed by atoms with van der Waals surface area (Å²) in [5.41, 5.74) is 0.0848. The third kappa shape index (κ3) is 1.13. The highest BCUT2D eigenvalue weighted by molar-refractivity contribution is 5.93. The smallest absolute Gasteiger partial charge is 0.318 e. The Kier molecular flexibility index (Phi) is 2.01. The van der Waals surface area contributed by atoms with E-state index in [0.29, 0.717) is 0 Å². The molecular weight excluding hydrogens is 184 g/mol. The standard InChI is InChI=1S/C10H14O4/c11-8(12)7(9(13)14)6-2-5-10(6)3-1-4-10/h6-7H,1-5H2,(H,11,12)(H,13,14). The zero-order valence-corrected chi connectivity index (χ0v) is 7.90. The summed E-state index contributed by atoms with van der Waals surface area (Å²) in [6.45, 7) is 0. The number of hydrogen-bond acceptors (Lipinski definition) is 2. The van der Waals surface area contributed by atoms with Crippen molar-refractivity contribution >= 4 is 11.9 Å². The lowest BCUT2D eigenvalue weighted by Crippen LogP contribution is -2.52. The zero-order chi connectivity index (χ0) is 10.3.